The number of carbonyl (C=O) groups is 1. The zero-order valence-corrected chi connectivity index (χ0v) is 13.3. The second-order valence-corrected chi connectivity index (χ2v) is 5.96. The van der Waals surface area contributed by atoms with Crippen molar-refractivity contribution < 1.29 is 9.18 Å². The van der Waals surface area contributed by atoms with E-state index in [4.69, 9.17) is 0 Å². The first-order valence-corrected chi connectivity index (χ1v) is 7.21. The summed E-state index contributed by atoms with van der Waals surface area (Å²) in [5.41, 5.74) is 3.18. The molecule has 4 heteroatoms. The number of carbonyl (C=O) groups excluding carboxylic acids is 1. The summed E-state index contributed by atoms with van der Waals surface area (Å²) in [6.45, 7) is 7.72. The van der Waals surface area contributed by atoms with Crippen LogP contribution >= 0.6 is 0 Å². The number of urea groups is 1. The summed E-state index contributed by atoms with van der Waals surface area (Å²) in [5.74, 6) is -0.292. The molecule has 2 aromatic carbocycles. The summed E-state index contributed by atoms with van der Waals surface area (Å²) in [5, 5.41) is 5.78. The fraction of sp³-hybridized carbons (Fsp3) is 0.278. The molecular formula is C18H21FN2O. The van der Waals surface area contributed by atoms with E-state index in [9.17, 15) is 9.18 Å². The van der Waals surface area contributed by atoms with Gasteiger partial charge in [0.1, 0.15) is 5.82 Å². The van der Waals surface area contributed by atoms with Crippen molar-refractivity contribution in [1.82, 2.24) is 5.32 Å². The summed E-state index contributed by atoms with van der Waals surface area (Å²) in [6, 6.07) is 11.6. The summed E-state index contributed by atoms with van der Waals surface area (Å²) in [6.07, 6.45) is 0. The van der Waals surface area contributed by atoms with Gasteiger partial charge in [0.15, 0.2) is 0 Å². The summed E-state index contributed by atoms with van der Waals surface area (Å²) < 4.78 is 13.0. The van der Waals surface area contributed by atoms with Crippen molar-refractivity contribution in [3.05, 3.63) is 65.0 Å². The van der Waals surface area contributed by atoms with E-state index in [-0.39, 0.29) is 11.8 Å². The molecule has 0 atom stereocenters. The van der Waals surface area contributed by atoms with E-state index in [1.807, 2.05) is 45.9 Å². The molecule has 0 aliphatic heterocycles. The van der Waals surface area contributed by atoms with Crippen LogP contribution in [0.5, 0.6) is 0 Å². The number of benzene rings is 2. The van der Waals surface area contributed by atoms with Gasteiger partial charge in [0.2, 0.25) is 0 Å². The number of hydrogen-bond acceptors (Lipinski definition) is 1. The highest BCUT2D eigenvalue weighted by Crippen LogP contribution is 2.22. The number of nitrogens with one attached hydrogen (secondary N) is 2. The zero-order valence-electron chi connectivity index (χ0n) is 13.3. The van der Waals surface area contributed by atoms with Gasteiger partial charge in [0, 0.05) is 5.69 Å². The molecule has 0 aliphatic carbocycles. The van der Waals surface area contributed by atoms with Crippen molar-refractivity contribution in [2.75, 3.05) is 5.32 Å². The fourth-order valence-electron chi connectivity index (χ4n) is 2.26. The van der Waals surface area contributed by atoms with Gasteiger partial charge in [-0.3, -0.25) is 0 Å². The van der Waals surface area contributed by atoms with Crippen molar-refractivity contribution in [2.24, 2.45) is 0 Å². The largest absolute Gasteiger partial charge is 0.329 e. The molecule has 0 radical (unpaired) electrons. The van der Waals surface area contributed by atoms with Gasteiger partial charge < -0.3 is 10.6 Å². The number of hydrogen-bond donors (Lipinski definition) is 2. The fourth-order valence-corrected chi connectivity index (χ4v) is 2.26. The van der Waals surface area contributed by atoms with Gasteiger partial charge in [0.25, 0.3) is 0 Å². The number of anilines is 1. The SMILES string of the molecule is Cc1cccc(NC(=O)NC(C)(C)c2ccc(F)cc2)c1C. The summed E-state index contributed by atoms with van der Waals surface area (Å²) in [4.78, 5) is 12.2. The van der Waals surface area contributed by atoms with Gasteiger partial charge in [-0.2, -0.15) is 0 Å². The maximum atomic E-state index is 13.0. The Bertz CT molecular complexity index is 678. The molecule has 2 aromatic rings. The third-order valence-electron chi connectivity index (χ3n) is 3.84. The minimum Gasteiger partial charge on any atom is -0.329 e. The molecule has 0 saturated heterocycles. The lowest BCUT2D eigenvalue weighted by Crippen LogP contribution is -2.43. The molecule has 0 spiro atoms. The summed E-state index contributed by atoms with van der Waals surface area (Å²) in [7, 11) is 0. The van der Waals surface area contributed by atoms with Crippen LogP contribution in [0.25, 0.3) is 0 Å². The van der Waals surface area contributed by atoms with Crippen molar-refractivity contribution in [1.29, 1.82) is 0 Å². The molecule has 116 valence electrons. The molecule has 22 heavy (non-hydrogen) atoms. The maximum Gasteiger partial charge on any atom is 0.319 e. The van der Waals surface area contributed by atoms with E-state index in [2.05, 4.69) is 10.6 Å². The van der Waals surface area contributed by atoms with E-state index in [1.165, 1.54) is 12.1 Å². The minimum atomic E-state index is -0.602. The van der Waals surface area contributed by atoms with Crippen LogP contribution in [0.3, 0.4) is 0 Å². The molecule has 2 rings (SSSR count). The van der Waals surface area contributed by atoms with Crippen molar-refractivity contribution in [3.63, 3.8) is 0 Å². The molecule has 2 amide bonds. The number of halogens is 1. The highest BCUT2D eigenvalue weighted by Gasteiger charge is 2.23. The lowest BCUT2D eigenvalue weighted by Gasteiger charge is -2.27. The Morgan fingerprint density at radius 3 is 2.32 bits per heavy atom. The first kappa shape index (κ1) is 16.0. The van der Waals surface area contributed by atoms with Gasteiger partial charge in [0.05, 0.1) is 5.54 Å². The molecule has 0 aromatic heterocycles. The quantitative estimate of drug-likeness (QED) is 0.861. The summed E-state index contributed by atoms with van der Waals surface area (Å²) >= 11 is 0. The molecule has 3 nitrogen and oxygen atoms in total. The van der Waals surface area contributed by atoms with Gasteiger partial charge in [-0.15, -0.1) is 0 Å². The molecule has 0 saturated carbocycles. The van der Waals surface area contributed by atoms with Crippen molar-refractivity contribution in [2.45, 2.75) is 33.2 Å². The van der Waals surface area contributed by atoms with E-state index < -0.39 is 5.54 Å². The molecule has 0 unspecified atom stereocenters. The Balaban J connectivity index is 2.10. The maximum absolute atomic E-state index is 13.0. The lowest BCUT2D eigenvalue weighted by atomic mass is 9.94. The molecule has 2 N–H and O–H groups in total. The normalized spacial score (nSPS) is 11.1. The number of amides is 2. The van der Waals surface area contributed by atoms with Crippen LogP contribution in [0.15, 0.2) is 42.5 Å². The van der Waals surface area contributed by atoms with E-state index >= 15 is 0 Å². The zero-order chi connectivity index (χ0) is 16.3. The number of aryl methyl sites for hydroxylation is 1. The first-order chi connectivity index (χ1) is 10.3. The second kappa shape index (κ2) is 6.18. The van der Waals surface area contributed by atoms with E-state index in [1.54, 1.807) is 12.1 Å². The van der Waals surface area contributed by atoms with E-state index in [0.717, 1.165) is 22.4 Å². The molecule has 0 heterocycles. The molecule has 0 fully saturated rings. The van der Waals surface area contributed by atoms with Gasteiger partial charge in [-0.25, -0.2) is 9.18 Å². The van der Waals surface area contributed by atoms with Crippen LogP contribution in [0.1, 0.15) is 30.5 Å². The van der Waals surface area contributed by atoms with Gasteiger partial charge >= 0.3 is 6.03 Å². The van der Waals surface area contributed by atoms with Crippen LogP contribution in [-0.4, -0.2) is 6.03 Å². The topological polar surface area (TPSA) is 41.1 Å². The standard InChI is InChI=1S/C18H21FN2O/c1-12-6-5-7-16(13(12)2)20-17(22)21-18(3,4)14-8-10-15(19)11-9-14/h5-11H,1-4H3,(H2,20,21,22). The predicted molar refractivity (Wildman–Crippen MR) is 87.5 cm³/mol. The Kier molecular flexibility index (Phi) is 4.50. The average molecular weight is 300 g/mol. The minimum absolute atomic E-state index is 0.289. The Morgan fingerprint density at radius 1 is 1.05 bits per heavy atom. The Hall–Kier alpha value is -2.36. The second-order valence-electron chi connectivity index (χ2n) is 5.96. The molecular weight excluding hydrogens is 279 g/mol. The number of rotatable bonds is 3. The highest BCUT2D eigenvalue weighted by molar-refractivity contribution is 5.90. The van der Waals surface area contributed by atoms with E-state index in [0.29, 0.717) is 0 Å². The molecule has 0 aliphatic rings. The van der Waals surface area contributed by atoms with Crippen molar-refractivity contribution >= 4 is 11.7 Å². The third kappa shape index (κ3) is 3.64. The van der Waals surface area contributed by atoms with Crippen LogP contribution in [0.4, 0.5) is 14.9 Å². The highest BCUT2D eigenvalue weighted by atomic mass is 19.1. The smallest absolute Gasteiger partial charge is 0.319 e. The van der Waals surface area contributed by atoms with Crippen LogP contribution in [0, 0.1) is 19.7 Å². The Morgan fingerprint density at radius 2 is 1.68 bits per heavy atom. The van der Waals surface area contributed by atoms with Crippen LogP contribution < -0.4 is 10.6 Å². The van der Waals surface area contributed by atoms with Gasteiger partial charge in [-0.05, 0) is 62.6 Å². The van der Waals surface area contributed by atoms with Gasteiger partial charge in [-0.1, -0.05) is 24.3 Å². The monoisotopic (exact) mass is 300 g/mol. The van der Waals surface area contributed by atoms with Crippen molar-refractivity contribution in [3.8, 4) is 0 Å². The third-order valence-corrected chi connectivity index (χ3v) is 3.84. The van der Waals surface area contributed by atoms with Crippen LogP contribution in [-0.2, 0) is 5.54 Å². The molecule has 0 bridgehead atoms. The van der Waals surface area contributed by atoms with Crippen LogP contribution in [0.2, 0.25) is 0 Å². The first-order valence-electron chi connectivity index (χ1n) is 7.21. The average Bonchev–Trinajstić information content (AvgIpc) is 2.44. The predicted octanol–water partition coefficient (Wildman–Crippen LogP) is 4.50. The Labute approximate surface area is 130 Å². The lowest BCUT2D eigenvalue weighted by molar-refractivity contribution is 0.242.